The fourth-order valence-corrected chi connectivity index (χ4v) is 3.65. The highest BCUT2D eigenvalue weighted by Gasteiger charge is 2.26. The van der Waals surface area contributed by atoms with Crippen molar-refractivity contribution in [2.24, 2.45) is 0 Å². The number of rotatable bonds is 8. The molecule has 1 aliphatic heterocycles. The molecule has 2 aromatic rings. The van der Waals surface area contributed by atoms with Gasteiger partial charge in [0.25, 0.3) is 0 Å². The van der Waals surface area contributed by atoms with Crippen LogP contribution in [0.1, 0.15) is 43.9 Å². The van der Waals surface area contributed by atoms with Crippen LogP contribution in [0.25, 0.3) is 0 Å². The van der Waals surface area contributed by atoms with Gasteiger partial charge in [0.15, 0.2) is 11.5 Å². The molecule has 0 spiro atoms. The Kier molecular flexibility index (Phi) is 6.40. The third kappa shape index (κ3) is 4.31. The summed E-state index contributed by atoms with van der Waals surface area (Å²) in [6.45, 7) is 7.32. The molecule has 0 bridgehead atoms. The molecular weight excluding hydrogens is 326 g/mol. The summed E-state index contributed by atoms with van der Waals surface area (Å²) in [5.41, 5.74) is 2.62. The highest BCUT2D eigenvalue weighted by atomic mass is 16.5. The first kappa shape index (κ1) is 18.6. The summed E-state index contributed by atoms with van der Waals surface area (Å²) in [6, 6.07) is 15.2. The van der Waals surface area contributed by atoms with Crippen molar-refractivity contribution >= 4 is 0 Å². The number of nitrogens with zero attached hydrogens (tertiary/aromatic N) is 1. The number of benzene rings is 2. The molecular formula is C22H29NO3. The maximum atomic E-state index is 5.77. The lowest BCUT2D eigenvalue weighted by atomic mass is 10.0. The molecule has 0 radical (unpaired) electrons. The molecule has 140 valence electrons. The summed E-state index contributed by atoms with van der Waals surface area (Å²) in [5.74, 6) is 2.57. The molecule has 2 aromatic carbocycles. The monoisotopic (exact) mass is 355 g/mol. The molecule has 1 unspecified atom stereocenters. The lowest BCUT2D eigenvalue weighted by molar-refractivity contribution is 0.246. The fraction of sp³-hybridized carbons (Fsp3) is 0.455. The average molecular weight is 355 g/mol. The molecule has 1 aliphatic rings. The molecule has 1 atom stereocenters. The third-order valence-corrected chi connectivity index (χ3v) is 4.86. The molecule has 26 heavy (non-hydrogen) atoms. The standard InChI is InChI=1S/C22H29NO3/c1-4-25-21-13-8-17(15-22(21)26-5-2)16-23-14-6-7-20(23)18-9-11-19(24-3)12-10-18/h8-13,15,20H,4-7,14,16H2,1-3H3. The van der Waals surface area contributed by atoms with Crippen LogP contribution >= 0.6 is 0 Å². The molecule has 3 rings (SSSR count). The summed E-state index contributed by atoms with van der Waals surface area (Å²) in [4.78, 5) is 2.55. The molecule has 0 amide bonds. The predicted octanol–water partition coefficient (Wildman–Crippen LogP) is 4.83. The van der Waals surface area contributed by atoms with Gasteiger partial charge in [-0.2, -0.15) is 0 Å². The number of hydrogen-bond acceptors (Lipinski definition) is 4. The molecule has 1 saturated heterocycles. The van der Waals surface area contributed by atoms with Gasteiger partial charge in [0, 0.05) is 12.6 Å². The highest BCUT2D eigenvalue weighted by Crippen LogP contribution is 2.35. The second-order valence-corrected chi connectivity index (χ2v) is 6.55. The summed E-state index contributed by atoms with van der Waals surface area (Å²) < 4.78 is 16.7. The van der Waals surface area contributed by atoms with Gasteiger partial charge in [-0.3, -0.25) is 4.90 Å². The number of likely N-dealkylation sites (tertiary alicyclic amines) is 1. The van der Waals surface area contributed by atoms with E-state index >= 15 is 0 Å². The number of methoxy groups -OCH3 is 1. The zero-order valence-electron chi connectivity index (χ0n) is 16.0. The van der Waals surface area contributed by atoms with E-state index in [0.717, 1.165) is 30.3 Å². The summed E-state index contributed by atoms with van der Waals surface area (Å²) in [5, 5.41) is 0. The summed E-state index contributed by atoms with van der Waals surface area (Å²) >= 11 is 0. The van der Waals surface area contributed by atoms with Crippen LogP contribution in [-0.2, 0) is 6.54 Å². The van der Waals surface area contributed by atoms with E-state index in [1.165, 1.54) is 24.0 Å². The minimum Gasteiger partial charge on any atom is -0.497 e. The lowest BCUT2D eigenvalue weighted by Crippen LogP contribution is -2.22. The molecule has 0 N–H and O–H groups in total. The molecule has 1 heterocycles. The molecule has 0 aliphatic carbocycles. The van der Waals surface area contributed by atoms with Crippen LogP contribution in [0.2, 0.25) is 0 Å². The highest BCUT2D eigenvalue weighted by molar-refractivity contribution is 5.43. The van der Waals surface area contributed by atoms with Crippen LogP contribution < -0.4 is 14.2 Å². The molecule has 4 nitrogen and oxygen atoms in total. The van der Waals surface area contributed by atoms with Gasteiger partial charge in [-0.15, -0.1) is 0 Å². The van der Waals surface area contributed by atoms with Crippen molar-refractivity contribution in [2.75, 3.05) is 26.9 Å². The van der Waals surface area contributed by atoms with Crippen molar-refractivity contribution in [3.63, 3.8) is 0 Å². The van der Waals surface area contributed by atoms with E-state index < -0.39 is 0 Å². The van der Waals surface area contributed by atoms with E-state index in [2.05, 4.69) is 41.3 Å². The quantitative estimate of drug-likeness (QED) is 0.679. The van der Waals surface area contributed by atoms with Gasteiger partial charge in [-0.25, -0.2) is 0 Å². The van der Waals surface area contributed by atoms with Crippen molar-refractivity contribution in [3.05, 3.63) is 53.6 Å². The Labute approximate surface area is 156 Å². The minimum absolute atomic E-state index is 0.461. The van der Waals surface area contributed by atoms with Crippen LogP contribution in [0, 0.1) is 0 Å². The van der Waals surface area contributed by atoms with Gasteiger partial charge in [-0.05, 0) is 68.6 Å². The largest absolute Gasteiger partial charge is 0.497 e. The van der Waals surface area contributed by atoms with E-state index in [1.54, 1.807) is 7.11 Å². The van der Waals surface area contributed by atoms with Gasteiger partial charge >= 0.3 is 0 Å². The van der Waals surface area contributed by atoms with Crippen molar-refractivity contribution < 1.29 is 14.2 Å². The predicted molar refractivity (Wildman–Crippen MR) is 104 cm³/mol. The third-order valence-electron chi connectivity index (χ3n) is 4.86. The van der Waals surface area contributed by atoms with E-state index in [0.29, 0.717) is 19.3 Å². The second-order valence-electron chi connectivity index (χ2n) is 6.55. The van der Waals surface area contributed by atoms with Crippen molar-refractivity contribution in [1.82, 2.24) is 4.90 Å². The normalized spacial score (nSPS) is 17.3. The van der Waals surface area contributed by atoms with Gasteiger partial charge in [0.05, 0.1) is 20.3 Å². The molecule has 0 aromatic heterocycles. The van der Waals surface area contributed by atoms with Crippen LogP contribution in [0.15, 0.2) is 42.5 Å². The summed E-state index contributed by atoms with van der Waals surface area (Å²) in [7, 11) is 1.71. The smallest absolute Gasteiger partial charge is 0.161 e. The zero-order chi connectivity index (χ0) is 18.4. The zero-order valence-corrected chi connectivity index (χ0v) is 16.0. The van der Waals surface area contributed by atoms with Crippen molar-refractivity contribution in [3.8, 4) is 17.2 Å². The van der Waals surface area contributed by atoms with Gasteiger partial charge in [-0.1, -0.05) is 18.2 Å². The Hall–Kier alpha value is -2.20. The van der Waals surface area contributed by atoms with Crippen LogP contribution in [0.4, 0.5) is 0 Å². The Bertz CT molecular complexity index is 699. The van der Waals surface area contributed by atoms with Crippen molar-refractivity contribution in [1.29, 1.82) is 0 Å². The fourth-order valence-electron chi connectivity index (χ4n) is 3.65. The first-order valence-electron chi connectivity index (χ1n) is 9.51. The first-order valence-corrected chi connectivity index (χ1v) is 9.51. The number of hydrogen-bond donors (Lipinski definition) is 0. The maximum absolute atomic E-state index is 5.77. The van der Waals surface area contributed by atoms with E-state index in [1.807, 2.05) is 19.9 Å². The van der Waals surface area contributed by atoms with Gasteiger partial charge < -0.3 is 14.2 Å². The lowest BCUT2D eigenvalue weighted by Gasteiger charge is -2.25. The van der Waals surface area contributed by atoms with E-state index in [-0.39, 0.29) is 0 Å². The molecule has 4 heteroatoms. The van der Waals surface area contributed by atoms with E-state index in [9.17, 15) is 0 Å². The summed E-state index contributed by atoms with van der Waals surface area (Å²) in [6.07, 6.45) is 2.42. The Morgan fingerprint density at radius 1 is 0.962 bits per heavy atom. The second kappa shape index (κ2) is 8.95. The minimum atomic E-state index is 0.461. The Balaban J connectivity index is 1.75. The Morgan fingerprint density at radius 3 is 2.38 bits per heavy atom. The Morgan fingerprint density at radius 2 is 1.69 bits per heavy atom. The van der Waals surface area contributed by atoms with Gasteiger partial charge in [0.1, 0.15) is 5.75 Å². The van der Waals surface area contributed by atoms with E-state index in [4.69, 9.17) is 14.2 Å². The topological polar surface area (TPSA) is 30.9 Å². The average Bonchev–Trinajstić information content (AvgIpc) is 3.12. The van der Waals surface area contributed by atoms with Crippen LogP contribution in [0.5, 0.6) is 17.2 Å². The van der Waals surface area contributed by atoms with Crippen LogP contribution in [-0.4, -0.2) is 31.8 Å². The first-order chi connectivity index (χ1) is 12.7. The van der Waals surface area contributed by atoms with Crippen molar-refractivity contribution in [2.45, 2.75) is 39.3 Å². The van der Waals surface area contributed by atoms with Gasteiger partial charge in [0.2, 0.25) is 0 Å². The number of ether oxygens (including phenoxy) is 3. The maximum Gasteiger partial charge on any atom is 0.161 e. The molecule has 0 saturated carbocycles. The molecule has 1 fully saturated rings. The SMILES string of the molecule is CCOc1ccc(CN2CCCC2c2ccc(OC)cc2)cc1OCC. The van der Waals surface area contributed by atoms with Crippen LogP contribution in [0.3, 0.4) is 0 Å².